The molecule has 9 aromatic rings. The van der Waals surface area contributed by atoms with E-state index in [1.165, 1.54) is 16.2 Å². The Bertz CT molecular complexity index is 2500. The molecule has 0 bridgehead atoms. The number of hydrogen-bond donors (Lipinski definition) is 0. The minimum atomic E-state index is 0. The largest absolute Gasteiger partial charge is 3.00 e. The fourth-order valence-corrected chi connectivity index (χ4v) is 6.05. The van der Waals surface area contributed by atoms with Crippen LogP contribution in [0, 0.1) is 18.2 Å². The molecular formula is C45H28IrN3. The van der Waals surface area contributed by atoms with E-state index in [2.05, 4.69) is 107 Å². The fraction of sp³-hybridized carbons (Fsp3) is 0. The summed E-state index contributed by atoms with van der Waals surface area (Å²) >= 11 is 0. The average Bonchev–Trinajstić information content (AvgIpc) is 3.18. The van der Waals surface area contributed by atoms with Gasteiger partial charge in [0, 0.05) is 18.1 Å². The molecule has 49 heavy (non-hydrogen) atoms. The second-order valence-corrected chi connectivity index (χ2v) is 11.4. The minimum absolute atomic E-state index is 0. The van der Waals surface area contributed by atoms with Gasteiger partial charge in [0.15, 0.2) is 0 Å². The Morgan fingerprint density at radius 1 is 0.388 bits per heavy atom. The third-order valence-corrected chi connectivity index (χ3v) is 8.34. The topological polar surface area (TPSA) is 38.7 Å². The molecule has 6 aromatic carbocycles. The third-order valence-electron chi connectivity index (χ3n) is 8.34. The number of aromatic nitrogens is 3. The van der Waals surface area contributed by atoms with Gasteiger partial charge in [0.1, 0.15) is 0 Å². The van der Waals surface area contributed by atoms with E-state index < -0.39 is 0 Å². The standard InChI is InChI=1S/C30H18N2.C15H10N.Ir/c1-2-10-22(11-3-1)30-27-16-7-5-12-23(27)20-28(32-30)24-13-8-14-25(19-24)29-26-15-6-4-9-21(26)17-18-31-29;1-2-7-13(8-3-1)15-14-9-5-4-6-12(14)10-11-16-15;/h1-10,12-18,20H;1-7,9-11H;/q-2;-1;+3. The number of rotatable bonds is 4. The Labute approximate surface area is 299 Å². The molecule has 9 rings (SSSR count). The van der Waals surface area contributed by atoms with Crippen LogP contribution in [0.3, 0.4) is 0 Å². The Balaban J connectivity index is 0.000000187. The van der Waals surface area contributed by atoms with Crippen LogP contribution in [0.25, 0.3) is 77.3 Å². The molecule has 0 amide bonds. The van der Waals surface area contributed by atoms with E-state index in [-0.39, 0.29) is 20.1 Å². The van der Waals surface area contributed by atoms with Gasteiger partial charge in [-0.2, -0.15) is 0 Å². The zero-order chi connectivity index (χ0) is 32.1. The molecule has 0 aliphatic heterocycles. The number of benzene rings is 6. The molecule has 0 saturated carbocycles. The molecule has 3 nitrogen and oxygen atoms in total. The molecule has 0 radical (unpaired) electrons. The van der Waals surface area contributed by atoms with Gasteiger partial charge in [-0.05, 0) is 61.5 Å². The quantitative estimate of drug-likeness (QED) is 0.166. The number of nitrogens with zero attached hydrogens (tertiary/aromatic N) is 3. The van der Waals surface area contributed by atoms with Crippen molar-refractivity contribution in [1.82, 2.24) is 15.0 Å². The summed E-state index contributed by atoms with van der Waals surface area (Å²) in [7, 11) is 0. The third kappa shape index (κ3) is 6.66. The summed E-state index contributed by atoms with van der Waals surface area (Å²) in [5.74, 6) is 0. The van der Waals surface area contributed by atoms with Crippen molar-refractivity contribution in [2.75, 3.05) is 0 Å². The first-order chi connectivity index (χ1) is 23.8. The predicted octanol–water partition coefficient (Wildman–Crippen LogP) is 11.1. The van der Waals surface area contributed by atoms with Crippen molar-refractivity contribution in [1.29, 1.82) is 0 Å². The molecule has 3 aromatic heterocycles. The number of pyridine rings is 3. The van der Waals surface area contributed by atoms with Gasteiger partial charge in [0.25, 0.3) is 0 Å². The van der Waals surface area contributed by atoms with E-state index >= 15 is 0 Å². The molecule has 0 spiro atoms. The monoisotopic (exact) mass is 803 g/mol. The van der Waals surface area contributed by atoms with Gasteiger partial charge in [-0.1, -0.05) is 90.0 Å². The minimum Gasteiger partial charge on any atom is -0.335 e. The van der Waals surface area contributed by atoms with Crippen LogP contribution in [0.2, 0.25) is 0 Å². The van der Waals surface area contributed by atoms with E-state index in [0.717, 1.165) is 61.2 Å². The molecule has 232 valence electrons. The van der Waals surface area contributed by atoms with Crippen LogP contribution in [0.15, 0.2) is 170 Å². The first kappa shape index (κ1) is 31.8. The average molecular weight is 803 g/mol. The van der Waals surface area contributed by atoms with Crippen molar-refractivity contribution in [2.45, 2.75) is 0 Å². The Kier molecular flexibility index (Phi) is 9.43. The molecular weight excluding hydrogens is 775 g/mol. The molecule has 0 unspecified atom stereocenters. The summed E-state index contributed by atoms with van der Waals surface area (Å²) in [6.07, 6.45) is 3.70. The summed E-state index contributed by atoms with van der Waals surface area (Å²) in [5.41, 5.74) is 7.68. The molecule has 0 aliphatic carbocycles. The van der Waals surface area contributed by atoms with Crippen molar-refractivity contribution < 1.29 is 20.1 Å². The second kappa shape index (κ2) is 14.5. The predicted molar refractivity (Wildman–Crippen MR) is 197 cm³/mol. The van der Waals surface area contributed by atoms with Crippen LogP contribution >= 0.6 is 0 Å². The maximum atomic E-state index is 5.06. The van der Waals surface area contributed by atoms with E-state index in [1.54, 1.807) is 0 Å². The van der Waals surface area contributed by atoms with Crippen molar-refractivity contribution in [2.24, 2.45) is 0 Å². The molecule has 0 fully saturated rings. The van der Waals surface area contributed by atoms with Gasteiger partial charge < -0.3 is 9.97 Å². The molecule has 0 aliphatic rings. The van der Waals surface area contributed by atoms with Gasteiger partial charge in [-0.15, -0.1) is 96.1 Å². The summed E-state index contributed by atoms with van der Waals surface area (Å²) in [4.78, 5) is 14.2. The van der Waals surface area contributed by atoms with Gasteiger partial charge in [0.2, 0.25) is 0 Å². The summed E-state index contributed by atoms with van der Waals surface area (Å²) < 4.78 is 0. The van der Waals surface area contributed by atoms with E-state index in [9.17, 15) is 0 Å². The molecule has 0 N–H and O–H groups in total. The smallest absolute Gasteiger partial charge is 0.335 e. The summed E-state index contributed by atoms with van der Waals surface area (Å²) in [6, 6.07) is 63.3. The number of hydrogen-bond acceptors (Lipinski definition) is 3. The van der Waals surface area contributed by atoms with Gasteiger partial charge in [-0.25, -0.2) is 0 Å². The van der Waals surface area contributed by atoms with Crippen LogP contribution in [0.5, 0.6) is 0 Å². The normalized spacial score (nSPS) is 10.7. The Morgan fingerprint density at radius 3 is 1.45 bits per heavy atom. The first-order valence-electron chi connectivity index (χ1n) is 15.9. The van der Waals surface area contributed by atoms with Crippen molar-refractivity contribution >= 4 is 32.3 Å². The number of fused-ring (bicyclic) bond motifs is 3. The van der Waals surface area contributed by atoms with Gasteiger partial charge in [0.05, 0.1) is 0 Å². The Hall–Kier alpha value is -5.80. The summed E-state index contributed by atoms with van der Waals surface area (Å²) in [5, 5.41) is 6.94. The zero-order valence-electron chi connectivity index (χ0n) is 26.3. The van der Waals surface area contributed by atoms with Crippen molar-refractivity contribution in [3.63, 3.8) is 0 Å². The maximum Gasteiger partial charge on any atom is 3.00 e. The van der Waals surface area contributed by atoms with Crippen LogP contribution < -0.4 is 0 Å². The van der Waals surface area contributed by atoms with Crippen molar-refractivity contribution in [3.8, 4) is 45.0 Å². The first-order valence-corrected chi connectivity index (χ1v) is 15.9. The summed E-state index contributed by atoms with van der Waals surface area (Å²) in [6.45, 7) is 0. The molecule has 4 heteroatoms. The van der Waals surface area contributed by atoms with Crippen LogP contribution in [0.4, 0.5) is 0 Å². The van der Waals surface area contributed by atoms with Crippen molar-refractivity contribution in [3.05, 3.63) is 188 Å². The second-order valence-electron chi connectivity index (χ2n) is 11.4. The maximum absolute atomic E-state index is 5.06. The van der Waals surface area contributed by atoms with E-state index in [1.807, 2.05) is 91.3 Å². The van der Waals surface area contributed by atoms with Gasteiger partial charge in [-0.3, -0.25) is 4.98 Å². The fourth-order valence-electron chi connectivity index (χ4n) is 6.05. The van der Waals surface area contributed by atoms with Crippen LogP contribution in [-0.4, -0.2) is 15.0 Å². The SMILES string of the molecule is [Ir+3].[c-]1c(-c2cc3ccccc3c(-c3[c-]cccc3)n2)cccc1-c1nccc2ccccc12.[c-]1ccccc1-c1nccc2ccccc12. The zero-order valence-corrected chi connectivity index (χ0v) is 28.7. The molecule has 0 saturated heterocycles. The van der Waals surface area contributed by atoms with Crippen LogP contribution in [-0.2, 0) is 20.1 Å². The van der Waals surface area contributed by atoms with E-state index in [0.29, 0.717) is 0 Å². The van der Waals surface area contributed by atoms with Gasteiger partial charge >= 0.3 is 20.1 Å². The molecule has 3 heterocycles. The molecule has 0 atom stereocenters. The van der Waals surface area contributed by atoms with E-state index in [4.69, 9.17) is 4.98 Å². The Morgan fingerprint density at radius 2 is 0.857 bits per heavy atom. The van der Waals surface area contributed by atoms with Crippen LogP contribution in [0.1, 0.15) is 0 Å².